The van der Waals surface area contributed by atoms with E-state index in [4.69, 9.17) is 4.74 Å². The molecular weight excluding hydrogens is 396 g/mol. The Hall–Kier alpha value is -2.29. The highest BCUT2D eigenvalue weighted by Gasteiger charge is 2.55. The molecule has 2 saturated heterocycles. The van der Waals surface area contributed by atoms with Gasteiger partial charge in [0.25, 0.3) is 5.91 Å². The van der Waals surface area contributed by atoms with Crippen molar-refractivity contribution in [2.45, 2.75) is 63.4 Å². The Balaban J connectivity index is 1.30. The van der Waals surface area contributed by atoms with Crippen LogP contribution in [-0.4, -0.2) is 61.0 Å². The number of carbonyl (C=O) groups excluding carboxylic acids is 3. The van der Waals surface area contributed by atoms with Gasteiger partial charge < -0.3 is 20.3 Å². The van der Waals surface area contributed by atoms with E-state index in [1.165, 1.54) is 0 Å². The number of nitrogens with one attached hydrogen (secondary N) is 3. The standard InChI is InChI=1S/C23H30N4O4/c1-31-19-11-18(23(19)7-9-24-10-8-23)25-12-14-3-2-4-15-16(14)13-27(22(15)30)17-5-6-20(28)26-21(17)29/h2-4,17-19,24-25H,5-13H2,1H3,(H,26,28,29). The zero-order valence-electron chi connectivity index (χ0n) is 17.9. The number of carbonyl (C=O) groups is 3. The van der Waals surface area contributed by atoms with Crippen LogP contribution in [0.1, 0.15) is 53.6 Å². The summed E-state index contributed by atoms with van der Waals surface area (Å²) < 4.78 is 5.77. The minimum atomic E-state index is -0.578. The molecule has 8 heteroatoms. The van der Waals surface area contributed by atoms with Crippen molar-refractivity contribution in [3.05, 3.63) is 34.9 Å². The van der Waals surface area contributed by atoms with Crippen molar-refractivity contribution in [3.63, 3.8) is 0 Å². The van der Waals surface area contributed by atoms with Crippen LogP contribution in [0, 0.1) is 5.41 Å². The molecule has 0 aromatic heterocycles. The van der Waals surface area contributed by atoms with Gasteiger partial charge in [0.15, 0.2) is 0 Å². The summed E-state index contributed by atoms with van der Waals surface area (Å²) in [7, 11) is 1.81. The number of hydrogen-bond donors (Lipinski definition) is 3. The Labute approximate surface area is 182 Å². The van der Waals surface area contributed by atoms with Gasteiger partial charge in [0.1, 0.15) is 6.04 Å². The first-order valence-corrected chi connectivity index (χ1v) is 11.3. The highest BCUT2D eigenvalue weighted by atomic mass is 16.5. The molecule has 1 aromatic rings. The maximum absolute atomic E-state index is 13.0. The van der Waals surface area contributed by atoms with E-state index in [1.807, 2.05) is 19.2 Å². The van der Waals surface area contributed by atoms with E-state index < -0.39 is 6.04 Å². The Kier molecular flexibility index (Phi) is 5.32. The van der Waals surface area contributed by atoms with Crippen LogP contribution in [0.3, 0.4) is 0 Å². The van der Waals surface area contributed by atoms with E-state index in [1.54, 1.807) is 4.90 Å². The highest BCUT2D eigenvalue weighted by molar-refractivity contribution is 6.05. The summed E-state index contributed by atoms with van der Waals surface area (Å²) in [6.45, 7) is 3.15. The third kappa shape index (κ3) is 3.37. The zero-order valence-corrected chi connectivity index (χ0v) is 17.9. The van der Waals surface area contributed by atoms with Gasteiger partial charge in [0.2, 0.25) is 11.8 Å². The highest BCUT2D eigenvalue weighted by Crippen LogP contribution is 2.49. The van der Waals surface area contributed by atoms with Crippen LogP contribution in [0.15, 0.2) is 18.2 Å². The Bertz CT molecular complexity index is 911. The van der Waals surface area contributed by atoms with Crippen molar-refractivity contribution >= 4 is 17.7 Å². The van der Waals surface area contributed by atoms with Crippen molar-refractivity contribution in [1.82, 2.24) is 20.9 Å². The molecule has 3 unspecified atom stereocenters. The first kappa shape index (κ1) is 20.6. The van der Waals surface area contributed by atoms with Gasteiger partial charge in [-0.2, -0.15) is 0 Å². The molecule has 1 aliphatic carbocycles. The van der Waals surface area contributed by atoms with Crippen LogP contribution in [-0.2, 0) is 27.4 Å². The average Bonchev–Trinajstić information content (AvgIpc) is 3.11. The predicted octanol–water partition coefficient (Wildman–Crippen LogP) is 0.694. The second kappa shape index (κ2) is 8.00. The topological polar surface area (TPSA) is 99.8 Å². The summed E-state index contributed by atoms with van der Waals surface area (Å²) in [6, 6.07) is 5.64. The summed E-state index contributed by atoms with van der Waals surface area (Å²) in [5.74, 6) is -0.758. The minimum Gasteiger partial charge on any atom is -0.381 e. The summed E-state index contributed by atoms with van der Waals surface area (Å²) in [5, 5.41) is 9.57. The fourth-order valence-corrected chi connectivity index (χ4v) is 5.98. The molecule has 3 N–H and O–H groups in total. The monoisotopic (exact) mass is 426 g/mol. The molecule has 166 valence electrons. The number of fused-ring (bicyclic) bond motifs is 1. The van der Waals surface area contributed by atoms with E-state index in [2.05, 4.69) is 22.0 Å². The fraction of sp³-hybridized carbons (Fsp3) is 0.609. The van der Waals surface area contributed by atoms with Crippen LogP contribution in [0.5, 0.6) is 0 Å². The summed E-state index contributed by atoms with van der Waals surface area (Å²) in [4.78, 5) is 38.4. The lowest BCUT2D eigenvalue weighted by Crippen LogP contribution is -2.66. The molecule has 0 bridgehead atoms. The van der Waals surface area contributed by atoms with Crippen LogP contribution in [0.2, 0.25) is 0 Å². The average molecular weight is 427 g/mol. The van der Waals surface area contributed by atoms with Gasteiger partial charge in [-0.15, -0.1) is 0 Å². The minimum absolute atomic E-state index is 0.121. The SMILES string of the molecule is COC1CC(NCc2cccc3c2CN(C2CCC(=O)NC2=O)C3=O)C12CCNCC2. The third-order valence-corrected chi connectivity index (χ3v) is 7.82. The number of benzene rings is 1. The van der Waals surface area contributed by atoms with Gasteiger partial charge in [-0.05, 0) is 56.0 Å². The van der Waals surface area contributed by atoms with Gasteiger partial charge in [-0.25, -0.2) is 0 Å². The molecule has 1 spiro atoms. The first-order valence-electron chi connectivity index (χ1n) is 11.3. The van der Waals surface area contributed by atoms with E-state index in [0.717, 1.165) is 43.5 Å². The molecule has 3 amide bonds. The van der Waals surface area contributed by atoms with Gasteiger partial charge >= 0.3 is 0 Å². The molecule has 1 saturated carbocycles. The third-order valence-electron chi connectivity index (χ3n) is 7.82. The van der Waals surface area contributed by atoms with E-state index in [0.29, 0.717) is 37.2 Å². The van der Waals surface area contributed by atoms with E-state index in [9.17, 15) is 14.4 Å². The molecule has 1 aromatic carbocycles. The van der Waals surface area contributed by atoms with Crippen LogP contribution >= 0.6 is 0 Å². The number of nitrogens with zero attached hydrogens (tertiary/aromatic N) is 1. The zero-order chi connectivity index (χ0) is 21.6. The first-order chi connectivity index (χ1) is 15.0. The number of amides is 3. The number of imide groups is 1. The van der Waals surface area contributed by atoms with Gasteiger partial charge in [-0.1, -0.05) is 12.1 Å². The number of methoxy groups -OCH3 is 1. The van der Waals surface area contributed by atoms with Gasteiger partial charge in [0, 0.05) is 43.6 Å². The molecule has 3 atom stereocenters. The molecule has 31 heavy (non-hydrogen) atoms. The maximum Gasteiger partial charge on any atom is 0.255 e. The lowest BCUT2D eigenvalue weighted by Gasteiger charge is -2.57. The summed E-state index contributed by atoms with van der Waals surface area (Å²) >= 11 is 0. The smallest absolute Gasteiger partial charge is 0.255 e. The van der Waals surface area contributed by atoms with Crippen molar-refractivity contribution in [1.29, 1.82) is 0 Å². The predicted molar refractivity (Wildman–Crippen MR) is 113 cm³/mol. The maximum atomic E-state index is 13.0. The van der Waals surface area contributed by atoms with Gasteiger partial charge in [0.05, 0.1) is 6.10 Å². The molecule has 3 fully saturated rings. The molecule has 5 rings (SSSR count). The Morgan fingerprint density at radius 2 is 2.03 bits per heavy atom. The molecule has 4 aliphatic rings. The second-order valence-electron chi connectivity index (χ2n) is 9.22. The van der Waals surface area contributed by atoms with Crippen molar-refractivity contribution in [2.24, 2.45) is 5.41 Å². The lowest BCUT2D eigenvalue weighted by atomic mass is 9.57. The number of piperidine rings is 2. The molecule has 8 nitrogen and oxygen atoms in total. The normalized spacial score (nSPS) is 29.6. The summed E-state index contributed by atoms with van der Waals surface area (Å²) in [6.07, 6.45) is 4.18. The molecule has 3 aliphatic heterocycles. The number of ether oxygens (including phenoxy) is 1. The Morgan fingerprint density at radius 3 is 2.77 bits per heavy atom. The van der Waals surface area contributed by atoms with E-state index >= 15 is 0 Å². The quantitative estimate of drug-likeness (QED) is 0.600. The molecular formula is C23H30N4O4. The fourth-order valence-electron chi connectivity index (χ4n) is 5.98. The van der Waals surface area contributed by atoms with Crippen molar-refractivity contribution in [2.75, 3.05) is 20.2 Å². The largest absolute Gasteiger partial charge is 0.381 e. The van der Waals surface area contributed by atoms with Crippen molar-refractivity contribution < 1.29 is 19.1 Å². The number of rotatable bonds is 5. The van der Waals surface area contributed by atoms with Crippen LogP contribution < -0.4 is 16.0 Å². The van der Waals surface area contributed by atoms with E-state index in [-0.39, 0.29) is 29.6 Å². The molecule has 0 radical (unpaired) electrons. The Morgan fingerprint density at radius 1 is 1.23 bits per heavy atom. The lowest BCUT2D eigenvalue weighted by molar-refractivity contribution is -0.136. The molecule has 3 heterocycles. The summed E-state index contributed by atoms with van der Waals surface area (Å²) in [5.41, 5.74) is 2.95. The second-order valence-corrected chi connectivity index (χ2v) is 9.22. The number of hydrogen-bond acceptors (Lipinski definition) is 6. The van der Waals surface area contributed by atoms with Crippen LogP contribution in [0.4, 0.5) is 0 Å². The van der Waals surface area contributed by atoms with Crippen LogP contribution in [0.25, 0.3) is 0 Å². The van der Waals surface area contributed by atoms with Gasteiger partial charge in [-0.3, -0.25) is 19.7 Å². The van der Waals surface area contributed by atoms with Crippen molar-refractivity contribution in [3.8, 4) is 0 Å².